The molecule has 0 saturated heterocycles. The fourth-order valence-corrected chi connectivity index (χ4v) is 1.78. The number of hydrogen-bond donors (Lipinski definition) is 0. The Balaban J connectivity index is 2.93. The maximum absolute atomic E-state index is 11.7. The third kappa shape index (κ3) is 1.77. The Hall–Kier alpha value is -0.790. The summed E-state index contributed by atoms with van der Waals surface area (Å²) in [5.41, 5.74) is 1.19. The Bertz CT molecular complexity index is 240. The molecule has 0 aliphatic carbocycles. The van der Waals surface area contributed by atoms with Gasteiger partial charge in [-0.1, -0.05) is 26.8 Å². The minimum absolute atomic E-state index is 0.0693. The van der Waals surface area contributed by atoms with Gasteiger partial charge >= 0.3 is 0 Å². The molecule has 0 aromatic carbocycles. The number of allylic oxidation sites excluding steroid dienone is 1. The normalized spacial score (nSPS) is 23.3. The van der Waals surface area contributed by atoms with E-state index < -0.39 is 0 Å². The maximum atomic E-state index is 11.7. The van der Waals surface area contributed by atoms with Gasteiger partial charge in [0.25, 0.3) is 0 Å². The third-order valence-electron chi connectivity index (χ3n) is 2.43. The summed E-state index contributed by atoms with van der Waals surface area (Å²) in [4.78, 5) is 13.7. The van der Waals surface area contributed by atoms with E-state index in [0.717, 1.165) is 0 Å². The molecule has 1 rings (SSSR count). The summed E-state index contributed by atoms with van der Waals surface area (Å²) < 4.78 is 0. The van der Waals surface area contributed by atoms with E-state index >= 15 is 0 Å². The van der Waals surface area contributed by atoms with Crippen LogP contribution in [0.3, 0.4) is 0 Å². The lowest BCUT2D eigenvalue weighted by Crippen LogP contribution is -2.35. The predicted molar refractivity (Wildman–Crippen MR) is 54.1 cm³/mol. The fraction of sp³-hybridized carbons (Fsp3) is 0.727. The Morgan fingerprint density at radius 1 is 1.31 bits per heavy atom. The molecule has 0 spiro atoms. The molecule has 0 N–H and O–H groups in total. The van der Waals surface area contributed by atoms with Crippen molar-refractivity contribution in [2.45, 2.75) is 40.7 Å². The van der Waals surface area contributed by atoms with Crippen molar-refractivity contribution in [3.63, 3.8) is 0 Å². The molecule has 1 aliphatic heterocycles. The van der Waals surface area contributed by atoms with Crippen molar-refractivity contribution in [2.75, 3.05) is 0 Å². The molecule has 2 heteroatoms. The number of rotatable bonds is 2. The highest BCUT2D eigenvalue weighted by Gasteiger charge is 2.32. The molecular weight excluding hydrogens is 162 g/mol. The summed E-state index contributed by atoms with van der Waals surface area (Å²) in [7, 11) is 0. The summed E-state index contributed by atoms with van der Waals surface area (Å²) in [6, 6.07) is 0.283. The molecule has 0 aromatic rings. The highest BCUT2D eigenvalue weighted by atomic mass is 16.2. The first-order valence-corrected chi connectivity index (χ1v) is 5.00. The van der Waals surface area contributed by atoms with Gasteiger partial charge in [-0.2, -0.15) is 0 Å². The quantitative estimate of drug-likeness (QED) is 0.640. The van der Waals surface area contributed by atoms with Crippen molar-refractivity contribution < 1.29 is 4.79 Å². The van der Waals surface area contributed by atoms with Crippen molar-refractivity contribution in [2.24, 2.45) is 11.8 Å². The van der Waals surface area contributed by atoms with Crippen LogP contribution in [0.5, 0.6) is 0 Å². The molecule has 1 heterocycles. The fourth-order valence-electron chi connectivity index (χ4n) is 1.78. The molecule has 0 bridgehead atoms. The lowest BCUT2D eigenvalue weighted by atomic mass is 10.1. The minimum atomic E-state index is 0.0693. The Kier molecular flexibility index (Phi) is 2.79. The molecule has 74 valence electrons. The van der Waals surface area contributed by atoms with Crippen LogP contribution in [0.25, 0.3) is 0 Å². The second-order valence-electron chi connectivity index (χ2n) is 4.34. The van der Waals surface area contributed by atoms with Gasteiger partial charge in [0.05, 0.1) is 5.92 Å². The van der Waals surface area contributed by atoms with E-state index in [1.165, 1.54) is 5.70 Å². The molecule has 0 radical (unpaired) electrons. The van der Waals surface area contributed by atoms with Crippen molar-refractivity contribution in [3.8, 4) is 0 Å². The van der Waals surface area contributed by atoms with Gasteiger partial charge in [0, 0.05) is 11.7 Å². The van der Waals surface area contributed by atoms with E-state index in [0.29, 0.717) is 5.92 Å². The zero-order chi connectivity index (χ0) is 10.2. The number of carbonyl (C=O) groups excluding carboxylic acids is 1. The molecule has 1 aliphatic rings. The van der Waals surface area contributed by atoms with Crippen LogP contribution in [0.1, 0.15) is 34.6 Å². The van der Waals surface area contributed by atoms with Gasteiger partial charge < -0.3 is 4.90 Å². The topological polar surface area (TPSA) is 20.3 Å². The second-order valence-corrected chi connectivity index (χ2v) is 4.34. The highest BCUT2D eigenvalue weighted by Crippen LogP contribution is 2.28. The summed E-state index contributed by atoms with van der Waals surface area (Å²) in [6.07, 6.45) is 2.09. The first-order chi connectivity index (χ1) is 5.95. The average Bonchev–Trinajstić information content (AvgIpc) is 2.28. The summed E-state index contributed by atoms with van der Waals surface area (Å²) in [5, 5.41) is 0. The Morgan fingerprint density at radius 2 is 1.85 bits per heavy atom. The van der Waals surface area contributed by atoms with Gasteiger partial charge in [-0.15, -0.1) is 0 Å². The SMILES string of the molecule is CC(C)C1=CC(C)C(=O)N1C(C)C. The predicted octanol–water partition coefficient (Wildman–Crippen LogP) is 2.41. The number of carbonyl (C=O) groups is 1. The van der Waals surface area contributed by atoms with Crippen LogP contribution in [0.2, 0.25) is 0 Å². The molecule has 0 saturated carbocycles. The van der Waals surface area contributed by atoms with Gasteiger partial charge in [0.1, 0.15) is 0 Å². The Morgan fingerprint density at radius 3 is 2.15 bits per heavy atom. The number of nitrogens with zero attached hydrogens (tertiary/aromatic N) is 1. The first kappa shape index (κ1) is 10.3. The molecule has 1 atom stereocenters. The van der Waals surface area contributed by atoms with E-state index in [1.54, 1.807) is 0 Å². The number of hydrogen-bond acceptors (Lipinski definition) is 1. The van der Waals surface area contributed by atoms with Gasteiger partial charge in [0.15, 0.2) is 0 Å². The van der Waals surface area contributed by atoms with Crippen LogP contribution in [0.4, 0.5) is 0 Å². The van der Waals surface area contributed by atoms with E-state index in [1.807, 2.05) is 11.8 Å². The molecule has 1 unspecified atom stereocenters. The molecule has 1 amide bonds. The van der Waals surface area contributed by atoms with Crippen molar-refractivity contribution in [3.05, 3.63) is 11.8 Å². The molecule has 2 nitrogen and oxygen atoms in total. The standard InChI is InChI=1S/C11H19NO/c1-7(2)10-6-9(5)11(13)12(10)8(3)4/h6-9H,1-5H3. The van der Waals surface area contributed by atoms with E-state index in [4.69, 9.17) is 0 Å². The van der Waals surface area contributed by atoms with Crippen molar-refractivity contribution >= 4 is 5.91 Å². The van der Waals surface area contributed by atoms with Crippen LogP contribution in [0, 0.1) is 11.8 Å². The highest BCUT2D eigenvalue weighted by molar-refractivity contribution is 5.85. The maximum Gasteiger partial charge on any atom is 0.233 e. The van der Waals surface area contributed by atoms with Gasteiger partial charge in [-0.3, -0.25) is 4.79 Å². The lowest BCUT2D eigenvalue weighted by Gasteiger charge is -2.27. The summed E-state index contributed by atoms with van der Waals surface area (Å²) in [5.74, 6) is 0.759. The van der Waals surface area contributed by atoms with Gasteiger partial charge in [-0.25, -0.2) is 0 Å². The average molecular weight is 181 g/mol. The first-order valence-electron chi connectivity index (χ1n) is 5.00. The van der Waals surface area contributed by atoms with Crippen molar-refractivity contribution in [1.29, 1.82) is 0 Å². The molecule has 13 heavy (non-hydrogen) atoms. The smallest absolute Gasteiger partial charge is 0.233 e. The molecular formula is C11H19NO. The van der Waals surface area contributed by atoms with Gasteiger partial charge in [0.2, 0.25) is 5.91 Å². The van der Waals surface area contributed by atoms with E-state index in [-0.39, 0.29) is 17.9 Å². The van der Waals surface area contributed by atoms with E-state index in [2.05, 4.69) is 33.8 Å². The van der Waals surface area contributed by atoms with E-state index in [9.17, 15) is 4.79 Å². The largest absolute Gasteiger partial charge is 0.313 e. The lowest BCUT2D eigenvalue weighted by molar-refractivity contribution is -0.131. The monoisotopic (exact) mass is 181 g/mol. The minimum Gasteiger partial charge on any atom is -0.313 e. The van der Waals surface area contributed by atoms with Crippen LogP contribution in [-0.2, 0) is 4.79 Å². The zero-order valence-electron chi connectivity index (χ0n) is 9.16. The zero-order valence-corrected chi connectivity index (χ0v) is 9.16. The van der Waals surface area contributed by atoms with Crippen LogP contribution >= 0.6 is 0 Å². The summed E-state index contributed by atoms with van der Waals surface area (Å²) in [6.45, 7) is 10.4. The Labute approximate surface area is 80.6 Å². The van der Waals surface area contributed by atoms with Crippen molar-refractivity contribution in [1.82, 2.24) is 4.90 Å². The van der Waals surface area contributed by atoms with Crippen LogP contribution in [0.15, 0.2) is 11.8 Å². The number of amides is 1. The summed E-state index contributed by atoms with van der Waals surface area (Å²) >= 11 is 0. The van der Waals surface area contributed by atoms with Gasteiger partial charge in [-0.05, 0) is 19.8 Å². The molecule has 0 fully saturated rings. The van der Waals surface area contributed by atoms with Crippen LogP contribution in [-0.4, -0.2) is 16.8 Å². The molecule has 0 aromatic heterocycles. The third-order valence-corrected chi connectivity index (χ3v) is 2.43. The second kappa shape index (κ2) is 3.52. The van der Waals surface area contributed by atoms with Crippen LogP contribution < -0.4 is 0 Å².